The van der Waals surface area contributed by atoms with Crippen LogP contribution in [0, 0.1) is 11.3 Å². The van der Waals surface area contributed by atoms with Crippen molar-refractivity contribution >= 4 is 13.6 Å². The topological polar surface area (TPSA) is 17.1 Å². The summed E-state index contributed by atoms with van der Waals surface area (Å²) in [6, 6.07) is 0. The van der Waals surface area contributed by atoms with Crippen LogP contribution in [-0.2, 0) is 4.79 Å². The molecule has 0 aromatic carbocycles. The maximum atomic E-state index is 11.2. The second kappa shape index (κ2) is 2.65. The zero-order valence-electron chi connectivity index (χ0n) is 7.55. The average Bonchev–Trinajstić information content (AvgIpc) is 1.83. The highest BCUT2D eigenvalue weighted by Crippen LogP contribution is 2.42. The zero-order valence-corrected chi connectivity index (χ0v) is 7.55. The van der Waals surface area contributed by atoms with Crippen LogP contribution in [0.15, 0.2) is 0 Å². The summed E-state index contributed by atoms with van der Waals surface area (Å²) in [5.74, 6) is 0.507. The normalized spacial score (nSPS) is 37.2. The molecule has 0 heterocycles. The lowest BCUT2D eigenvalue weighted by molar-refractivity contribution is -0.123. The molecule has 1 saturated carbocycles. The number of hydrogen-bond donors (Lipinski definition) is 0. The molecule has 0 bridgehead atoms. The van der Waals surface area contributed by atoms with Crippen LogP contribution < -0.4 is 0 Å². The molecule has 0 saturated heterocycles. The van der Waals surface area contributed by atoms with Gasteiger partial charge in [-0.25, -0.2) is 0 Å². The molecule has 2 radical (unpaired) electrons. The Bertz CT molecular complexity index is 174. The molecule has 2 heteroatoms. The third-order valence-electron chi connectivity index (χ3n) is 3.00. The fraction of sp³-hybridized carbons (Fsp3) is 0.889. The Hall–Kier alpha value is -0.265. The van der Waals surface area contributed by atoms with Crippen molar-refractivity contribution in [3.05, 3.63) is 0 Å². The molecule has 1 aliphatic carbocycles. The van der Waals surface area contributed by atoms with Crippen molar-refractivity contribution < 1.29 is 4.79 Å². The highest BCUT2D eigenvalue weighted by atomic mass is 16.1. The number of ketones is 1. The van der Waals surface area contributed by atoms with Crippen molar-refractivity contribution in [2.24, 2.45) is 11.3 Å². The first-order chi connectivity index (χ1) is 4.93. The summed E-state index contributed by atoms with van der Waals surface area (Å²) in [6.07, 6.45) is 1.50. The first-order valence-corrected chi connectivity index (χ1v) is 4.22. The molecule has 11 heavy (non-hydrogen) atoms. The Morgan fingerprint density at radius 3 is 2.55 bits per heavy atom. The van der Waals surface area contributed by atoms with Gasteiger partial charge in [-0.3, -0.25) is 0 Å². The largest absolute Gasteiger partial charge is 0.300 e. The molecule has 60 valence electrons. The molecule has 1 fully saturated rings. The number of rotatable bonds is 0. The van der Waals surface area contributed by atoms with Crippen molar-refractivity contribution in [3.8, 4) is 0 Å². The molecule has 1 rings (SSSR count). The van der Waals surface area contributed by atoms with E-state index in [0.717, 1.165) is 6.42 Å². The molecule has 1 aliphatic rings. The summed E-state index contributed by atoms with van der Waals surface area (Å²) in [4.78, 5) is 11.2. The lowest BCUT2D eigenvalue weighted by Gasteiger charge is -2.38. The van der Waals surface area contributed by atoms with E-state index < -0.39 is 0 Å². The van der Waals surface area contributed by atoms with Crippen LogP contribution in [0.2, 0.25) is 5.82 Å². The summed E-state index contributed by atoms with van der Waals surface area (Å²) >= 11 is 0. The molecule has 0 aliphatic heterocycles. The Balaban J connectivity index is 2.70. The number of carbonyl (C=O) groups excluding carboxylic acids is 1. The third-order valence-corrected chi connectivity index (χ3v) is 3.00. The molecule has 0 aromatic rings. The minimum atomic E-state index is -0.207. The van der Waals surface area contributed by atoms with E-state index in [1.165, 1.54) is 0 Å². The first-order valence-electron chi connectivity index (χ1n) is 4.22. The first kappa shape index (κ1) is 8.83. The minimum Gasteiger partial charge on any atom is -0.300 e. The van der Waals surface area contributed by atoms with E-state index in [4.69, 9.17) is 7.85 Å². The van der Waals surface area contributed by atoms with Crippen LogP contribution in [0.5, 0.6) is 0 Å². The summed E-state index contributed by atoms with van der Waals surface area (Å²) in [5.41, 5.74) is 0.243. The van der Waals surface area contributed by atoms with Crippen LogP contribution in [0.1, 0.15) is 33.6 Å². The van der Waals surface area contributed by atoms with E-state index in [9.17, 15) is 4.79 Å². The van der Waals surface area contributed by atoms with E-state index in [-0.39, 0.29) is 17.0 Å². The number of hydrogen-bond acceptors (Lipinski definition) is 1. The van der Waals surface area contributed by atoms with Crippen LogP contribution in [0.4, 0.5) is 0 Å². The van der Waals surface area contributed by atoms with Gasteiger partial charge in [-0.15, -0.1) is 0 Å². The van der Waals surface area contributed by atoms with Crippen LogP contribution in [0.3, 0.4) is 0 Å². The van der Waals surface area contributed by atoms with Crippen molar-refractivity contribution in [1.82, 2.24) is 0 Å². The second-order valence-electron chi connectivity index (χ2n) is 4.37. The van der Waals surface area contributed by atoms with Gasteiger partial charge < -0.3 is 4.79 Å². The van der Waals surface area contributed by atoms with Gasteiger partial charge in [-0.2, -0.15) is 0 Å². The van der Waals surface area contributed by atoms with Gasteiger partial charge in [-0.05, 0) is 23.6 Å². The molecular weight excluding hydrogens is 135 g/mol. The van der Waals surface area contributed by atoms with Gasteiger partial charge in [0.25, 0.3) is 0 Å². The lowest BCUT2D eigenvalue weighted by atomic mass is 9.60. The van der Waals surface area contributed by atoms with Gasteiger partial charge in [0, 0.05) is 6.42 Å². The summed E-state index contributed by atoms with van der Waals surface area (Å²) in [7, 11) is 5.67. The highest BCUT2D eigenvalue weighted by molar-refractivity contribution is 6.24. The SMILES string of the molecule is [B][C@@H]1CC(C)(C)C(C)CC1=O. The Labute approximate surface area is 70.0 Å². The lowest BCUT2D eigenvalue weighted by Crippen LogP contribution is -2.33. The van der Waals surface area contributed by atoms with E-state index in [2.05, 4.69) is 20.8 Å². The van der Waals surface area contributed by atoms with E-state index in [0.29, 0.717) is 12.3 Å². The molecule has 0 spiro atoms. The van der Waals surface area contributed by atoms with Gasteiger partial charge in [0.2, 0.25) is 0 Å². The van der Waals surface area contributed by atoms with Crippen LogP contribution >= 0.6 is 0 Å². The van der Waals surface area contributed by atoms with Crippen molar-refractivity contribution in [1.29, 1.82) is 0 Å². The Morgan fingerprint density at radius 1 is 1.55 bits per heavy atom. The van der Waals surface area contributed by atoms with E-state index in [1.54, 1.807) is 0 Å². The Kier molecular flexibility index (Phi) is 2.13. The maximum Gasteiger partial charge on any atom is 0.127 e. The molecule has 0 aromatic heterocycles. The number of carbonyl (C=O) groups is 1. The molecule has 2 atom stereocenters. The van der Waals surface area contributed by atoms with Gasteiger partial charge in [0.1, 0.15) is 5.78 Å². The number of Topliss-reactive ketones (excluding diaryl/α,β-unsaturated/α-hetero) is 1. The molecule has 0 amide bonds. The third kappa shape index (κ3) is 1.66. The predicted octanol–water partition coefficient (Wildman–Crippen LogP) is 1.97. The van der Waals surface area contributed by atoms with Crippen molar-refractivity contribution in [3.63, 3.8) is 0 Å². The fourth-order valence-electron chi connectivity index (χ4n) is 1.61. The summed E-state index contributed by atoms with van der Waals surface area (Å²) < 4.78 is 0. The standard InChI is InChI=1S/C9H15BO/c1-6-4-8(11)7(10)5-9(6,2)3/h6-7H,4-5H2,1-3H3/t6?,7-/m1/s1. The van der Waals surface area contributed by atoms with E-state index in [1.807, 2.05) is 0 Å². The second-order valence-corrected chi connectivity index (χ2v) is 4.37. The molecular formula is C9H15BO. The molecule has 1 nitrogen and oxygen atoms in total. The smallest absolute Gasteiger partial charge is 0.127 e. The Morgan fingerprint density at radius 2 is 2.09 bits per heavy atom. The van der Waals surface area contributed by atoms with Gasteiger partial charge in [0.05, 0.1) is 7.85 Å². The average molecular weight is 150 g/mol. The van der Waals surface area contributed by atoms with Gasteiger partial charge >= 0.3 is 0 Å². The van der Waals surface area contributed by atoms with Gasteiger partial charge in [-0.1, -0.05) is 20.8 Å². The van der Waals surface area contributed by atoms with E-state index >= 15 is 0 Å². The fourth-order valence-corrected chi connectivity index (χ4v) is 1.61. The van der Waals surface area contributed by atoms with Crippen molar-refractivity contribution in [2.75, 3.05) is 0 Å². The maximum absolute atomic E-state index is 11.2. The molecule has 0 N–H and O–H groups in total. The van der Waals surface area contributed by atoms with Crippen LogP contribution in [0.25, 0.3) is 0 Å². The summed E-state index contributed by atoms with van der Waals surface area (Å²) in [6.45, 7) is 6.50. The van der Waals surface area contributed by atoms with Crippen molar-refractivity contribution in [2.45, 2.75) is 39.4 Å². The quantitative estimate of drug-likeness (QED) is 0.482. The minimum absolute atomic E-state index is 0.207. The zero-order chi connectivity index (χ0) is 8.65. The monoisotopic (exact) mass is 150 g/mol. The predicted molar refractivity (Wildman–Crippen MR) is 46.7 cm³/mol. The molecule has 1 unspecified atom stereocenters. The van der Waals surface area contributed by atoms with Crippen LogP contribution in [-0.4, -0.2) is 13.6 Å². The van der Waals surface area contributed by atoms with Gasteiger partial charge in [0.15, 0.2) is 0 Å². The summed E-state index contributed by atoms with van der Waals surface area (Å²) in [5, 5.41) is 0. The highest BCUT2D eigenvalue weighted by Gasteiger charge is 2.36.